The Morgan fingerprint density at radius 3 is 2.80 bits per heavy atom. The van der Waals surface area contributed by atoms with Gasteiger partial charge in [-0.05, 0) is 75.2 Å². The predicted octanol–water partition coefficient (Wildman–Crippen LogP) is 3.01. The Morgan fingerprint density at radius 1 is 1.28 bits per heavy atom. The molecule has 0 spiro atoms. The maximum atomic E-state index is 11.4. The largest absolute Gasteiger partial charge is 0.496 e. The van der Waals surface area contributed by atoms with Gasteiger partial charge < -0.3 is 19.7 Å². The van der Waals surface area contributed by atoms with Gasteiger partial charge in [0.15, 0.2) is 0 Å². The number of piperidine rings is 1. The van der Waals surface area contributed by atoms with Crippen LogP contribution >= 0.6 is 0 Å². The number of benzene rings is 1. The molecular weight excluding hydrogens is 316 g/mol. The quantitative estimate of drug-likeness (QED) is 0.890. The van der Waals surface area contributed by atoms with Gasteiger partial charge in [0.2, 0.25) is 0 Å². The van der Waals surface area contributed by atoms with E-state index in [2.05, 4.69) is 28.4 Å². The number of hydrogen-bond acceptors (Lipinski definition) is 4. The summed E-state index contributed by atoms with van der Waals surface area (Å²) >= 11 is 0. The van der Waals surface area contributed by atoms with Crippen LogP contribution in [0.1, 0.15) is 37.3 Å². The van der Waals surface area contributed by atoms with Gasteiger partial charge >= 0.3 is 6.09 Å². The smallest absolute Gasteiger partial charge is 0.407 e. The van der Waals surface area contributed by atoms with Gasteiger partial charge in [-0.3, -0.25) is 0 Å². The molecule has 1 saturated heterocycles. The van der Waals surface area contributed by atoms with Gasteiger partial charge in [-0.25, -0.2) is 4.79 Å². The van der Waals surface area contributed by atoms with E-state index in [4.69, 9.17) is 9.47 Å². The molecule has 0 aromatic heterocycles. The number of aryl methyl sites for hydroxylation is 1. The molecule has 0 bridgehead atoms. The molecule has 1 aromatic rings. The Balaban J connectivity index is 1.50. The van der Waals surface area contributed by atoms with Crippen LogP contribution in [-0.4, -0.2) is 50.4 Å². The Kier molecular flexibility index (Phi) is 6.19. The lowest BCUT2D eigenvalue weighted by atomic mass is 9.85. The third-order valence-corrected chi connectivity index (χ3v) is 5.61. The summed E-state index contributed by atoms with van der Waals surface area (Å²) in [5.41, 5.74) is 2.84. The number of rotatable bonds is 5. The zero-order valence-electron chi connectivity index (χ0n) is 15.4. The number of methoxy groups -OCH3 is 1. The van der Waals surface area contributed by atoms with Crippen molar-refractivity contribution in [2.24, 2.45) is 5.92 Å². The van der Waals surface area contributed by atoms with Crippen LogP contribution in [0.5, 0.6) is 5.75 Å². The molecule has 138 valence electrons. The molecule has 1 heterocycles. The first-order valence-corrected chi connectivity index (χ1v) is 9.50. The average Bonchev–Trinajstić information content (AvgIpc) is 2.66. The first-order chi connectivity index (χ1) is 12.2. The normalized spacial score (nSPS) is 21.4. The van der Waals surface area contributed by atoms with Gasteiger partial charge in [0.05, 0.1) is 13.7 Å². The predicted molar refractivity (Wildman–Crippen MR) is 98.1 cm³/mol. The standard InChI is InChI=1S/C20H30N2O3/c1-3-25-20(23)21-14-15-9-11-22(12-10-15)17-8-7-16-5-4-6-19(24-2)18(16)13-17/h4-6,15,17H,3,7-14H2,1-2H3,(H,21,23). The summed E-state index contributed by atoms with van der Waals surface area (Å²) in [4.78, 5) is 14.1. The number of carbonyl (C=O) groups is 1. The monoisotopic (exact) mass is 346 g/mol. The number of nitrogens with one attached hydrogen (secondary N) is 1. The molecule has 1 aliphatic carbocycles. The van der Waals surface area contributed by atoms with E-state index in [0.29, 0.717) is 18.6 Å². The fourth-order valence-electron chi connectivity index (χ4n) is 4.17. The number of alkyl carbamates (subject to hydrolysis) is 1. The lowest BCUT2D eigenvalue weighted by molar-refractivity contribution is 0.116. The van der Waals surface area contributed by atoms with Crippen molar-refractivity contribution < 1.29 is 14.3 Å². The summed E-state index contributed by atoms with van der Waals surface area (Å²) in [5, 5.41) is 2.88. The van der Waals surface area contributed by atoms with E-state index in [-0.39, 0.29) is 6.09 Å². The van der Waals surface area contributed by atoms with E-state index < -0.39 is 0 Å². The molecule has 1 atom stereocenters. The van der Waals surface area contributed by atoms with Crippen LogP contribution < -0.4 is 10.1 Å². The molecule has 1 aliphatic heterocycles. The summed E-state index contributed by atoms with van der Waals surface area (Å²) < 4.78 is 10.5. The number of hydrogen-bond donors (Lipinski definition) is 1. The van der Waals surface area contributed by atoms with Gasteiger partial charge in [-0.15, -0.1) is 0 Å². The Morgan fingerprint density at radius 2 is 2.08 bits per heavy atom. The average molecular weight is 346 g/mol. The van der Waals surface area contributed by atoms with Crippen molar-refractivity contribution in [2.75, 3.05) is 33.4 Å². The van der Waals surface area contributed by atoms with Crippen molar-refractivity contribution in [1.82, 2.24) is 10.2 Å². The molecular formula is C20H30N2O3. The van der Waals surface area contributed by atoms with Crippen LogP contribution in [-0.2, 0) is 17.6 Å². The van der Waals surface area contributed by atoms with Crippen molar-refractivity contribution in [3.63, 3.8) is 0 Å². The Hall–Kier alpha value is -1.75. The van der Waals surface area contributed by atoms with E-state index in [1.807, 2.05) is 6.92 Å². The molecule has 5 nitrogen and oxygen atoms in total. The Labute approximate surface area is 150 Å². The van der Waals surface area contributed by atoms with Crippen LogP contribution in [0, 0.1) is 5.92 Å². The second-order valence-electron chi connectivity index (χ2n) is 7.08. The van der Waals surface area contributed by atoms with Crippen LogP contribution in [0.4, 0.5) is 4.79 Å². The van der Waals surface area contributed by atoms with Crippen LogP contribution in [0.15, 0.2) is 18.2 Å². The Bertz CT molecular complexity index is 568. The van der Waals surface area contributed by atoms with Crippen molar-refractivity contribution >= 4 is 6.09 Å². The summed E-state index contributed by atoms with van der Waals surface area (Å²) in [6, 6.07) is 7.03. The highest BCUT2D eigenvalue weighted by atomic mass is 16.5. The summed E-state index contributed by atoms with van der Waals surface area (Å²) in [5.74, 6) is 1.60. The molecule has 0 radical (unpaired) electrons. The topological polar surface area (TPSA) is 50.8 Å². The molecule has 1 fully saturated rings. The number of likely N-dealkylation sites (tertiary alicyclic amines) is 1. The highest BCUT2D eigenvalue weighted by Gasteiger charge is 2.29. The first-order valence-electron chi connectivity index (χ1n) is 9.50. The second kappa shape index (κ2) is 8.56. The van der Waals surface area contributed by atoms with Crippen molar-refractivity contribution in [3.05, 3.63) is 29.3 Å². The molecule has 25 heavy (non-hydrogen) atoms. The van der Waals surface area contributed by atoms with Crippen molar-refractivity contribution in [3.8, 4) is 5.75 Å². The number of carbonyl (C=O) groups excluding carboxylic acids is 1. The summed E-state index contributed by atoms with van der Waals surface area (Å²) in [7, 11) is 1.77. The number of nitrogens with zero attached hydrogens (tertiary/aromatic N) is 1. The fraction of sp³-hybridized carbons (Fsp3) is 0.650. The number of fused-ring (bicyclic) bond motifs is 1. The molecule has 2 aliphatic rings. The van der Waals surface area contributed by atoms with Gasteiger partial charge in [0.1, 0.15) is 5.75 Å². The third-order valence-electron chi connectivity index (χ3n) is 5.61. The molecule has 1 unspecified atom stereocenters. The minimum absolute atomic E-state index is 0.291. The van der Waals surface area contributed by atoms with Gasteiger partial charge in [-0.2, -0.15) is 0 Å². The minimum atomic E-state index is -0.291. The number of amides is 1. The van der Waals surface area contributed by atoms with Crippen LogP contribution in [0.2, 0.25) is 0 Å². The van der Waals surface area contributed by atoms with Crippen LogP contribution in [0.25, 0.3) is 0 Å². The van der Waals surface area contributed by atoms with Crippen molar-refractivity contribution in [2.45, 2.75) is 45.1 Å². The van der Waals surface area contributed by atoms with Crippen molar-refractivity contribution in [1.29, 1.82) is 0 Å². The molecule has 1 aromatic carbocycles. The minimum Gasteiger partial charge on any atom is -0.496 e. The van der Waals surface area contributed by atoms with Gasteiger partial charge in [-0.1, -0.05) is 12.1 Å². The molecule has 5 heteroatoms. The molecule has 1 N–H and O–H groups in total. The number of ether oxygens (including phenoxy) is 2. The molecule has 0 saturated carbocycles. The lowest BCUT2D eigenvalue weighted by Gasteiger charge is -2.40. The summed E-state index contributed by atoms with van der Waals surface area (Å²) in [6.07, 6.45) is 5.45. The lowest BCUT2D eigenvalue weighted by Crippen LogP contribution is -2.45. The van der Waals surface area contributed by atoms with Crippen LogP contribution in [0.3, 0.4) is 0 Å². The maximum Gasteiger partial charge on any atom is 0.407 e. The zero-order valence-corrected chi connectivity index (χ0v) is 15.4. The third kappa shape index (κ3) is 4.46. The summed E-state index contributed by atoms with van der Waals surface area (Å²) in [6.45, 7) is 5.22. The molecule has 3 rings (SSSR count). The first kappa shape index (κ1) is 18.1. The van der Waals surface area contributed by atoms with E-state index in [1.165, 1.54) is 17.5 Å². The van der Waals surface area contributed by atoms with E-state index >= 15 is 0 Å². The highest BCUT2D eigenvalue weighted by Crippen LogP contribution is 2.32. The fourth-order valence-corrected chi connectivity index (χ4v) is 4.17. The van der Waals surface area contributed by atoms with Gasteiger partial charge in [0.25, 0.3) is 0 Å². The second-order valence-corrected chi connectivity index (χ2v) is 7.08. The van der Waals surface area contributed by atoms with E-state index in [0.717, 1.165) is 51.1 Å². The molecule has 1 amide bonds. The van der Waals surface area contributed by atoms with Gasteiger partial charge in [0, 0.05) is 12.6 Å². The zero-order chi connectivity index (χ0) is 17.6. The maximum absolute atomic E-state index is 11.4. The SMILES string of the molecule is CCOC(=O)NCC1CCN(C2CCc3cccc(OC)c3C2)CC1. The van der Waals surface area contributed by atoms with E-state index in [1.54, 1.807) is 7.11 Å². The highest BCUT2D eigenvalue weighted by molar-refractivity contribution is 5.67. The van der Waals surface area contributed by atoms with E-state index in [9.17, 15) is 4.79 Å².